The van der Waals surface area contributed by atoms with Gasteiger partial charge in [-0.2, -0.15) is 21.6 Å². The summed E-state index contributed by atoms with van der Waals surface area (Å²) in [6.45, 7) is 1.14. The van der Waals surface area contributed by atoms with Crippen LogP contribution in [0.5, 0.6) is 5.75 Å². The molecule has 5 rings (SSSR count). The lowest BCUT2D eigenvalue weighted by Gasteiger charge is -2.49. The second-order valence-electron chi connectivity index (χ2n) is 11.0. The van der Waals surface area contributed by atoms with Crippen molar-refractivity contribution in [2.45, 2.75) is 56.1 Å². The minimum absolute atomic E-state index is 0.0759. The number of hydrogen-bond donors (Lipinski definition) is 1. The van der Waals surface area contributed by atoms with Crippen molar-refractivity contribution < 1.29 is 40.1 Å². The number of carbonyl (C=O) groups is 1. The number of ether oxygens (including phenoxy) is 1. The van der Waals surface area contributed by atoms with Crippen LogP contribution in [0.25, 0.3) is 0 Å². The van der Waals surface area contributed by atoms with Crippen LogP contribution in [0, 0.1) is 0 Å². The van der Waals surface area contributed by atoms with Gasteiger partial charge in [0.25, 0.3) is 0 Å². The van der Waals surface area contributed by atoms with Crippen molar-refractivity contribution in [2.75, 3.05) is 25.0 Å². The van der Waals surface area contributed by atoms with Crippen LogP contribution in [0.3, 0.4) is 0 Å². The molecule has 1 aromatic heterocycles. The number of aryl methyl sites for hydroxylation is 1. The third-order valence-electron chi connectivity index (χ3n) is 8.70. The number of nitrogens with zero attached hydrogens (tertiary/aromatic N) is 3. The second kappa shape index (κ2) is 11.6. The Labute approximate surface area is 243 Å². The molecule has 2 atom stereocenters. The molecular weight excluding hydrogens is 571 g/mol. The molecule has 1 N–H and O–H groups in total. The van der Waals surface area contributed by atoms with Crippen LogP contribution in [0.2, 0.25) is 0 Å². The number of fused-ring (bicyclic) bond motifs is 1. The molecule has 0 spiro atoms. The van der Waals surface area contributed by atoms with Gasteiger partial charge in [0.1, 0.15) is 23.6 Å². The zero-order valence-corrected chi connectivity index (χ0v) is 23.9. The minimum Gasteiger partial charge on any atom is -0.449 e. The van der Waals surface area contributed by atoms with E-state index in [1.165, 1.54) is 18.2 Å². The average Bonchev–Trinajstić information content (AvgIpc) is 2.96. The third-order valence-corrected chi connectivity index (χ3v) is 11.1. The van der Waals surface area contributed by atoms with E-state index < -0.39 is 49.6 Å². The zero-order chi connectivity index (χ0) is 30.1. The van der Waals surface area contributed by atoms with Crippen LogP contribution < -0.4 is 9.64 Å². The topological polar surface area (TPSA) is 96.8 Å². The molecular formula is C30H33F3N3O5S+. The fourth-order valence-electron chi connectivity index (χ4n) is 6.57. The normalized spacial score (nSPS) is 19.5. The van der Waals surface area contributed by atoms with E-state index >= 15 is 0 Å². The number of pyridine rings is 1. The van der Waals surface area contributed by atoms with Gasteiger partial charge in [-0.3, -0.25) is 4.98 Å². The molecule has 0 bridgehead atoms. The van der Waals surface area contributed by atoms with Crippen molar-refractivity contribution >= 4 is 21.9 Å². The van der Waals surface area contributed by atoms with Crippen LogP contribution in [0.4, 0.5) is 23.7 Å². The molecule has 2 unspecified atom stereocenters. The highest BCUT2D eigenvalue weighted by molar-refractivity contribution is 7.85. The number of rotatable bonds is 7. The van der Waals surface area contributed by atoms with Crippen LogP contribution in [-0.4, -0.2) is 54.7 Å². The molecule has 0 amide bonds. The summed E-state index contributed by atoms with van der Waals surface area (Å²) in [7, 11) is -2.64. The van der Waals surface area contributed by atoms with Gasteiger partial charge in [-0.05, 0) is 54.3 Å². The van der Waals surface area contributed by atoms with E-state index in [1.807, 2.05) is 12.1 Å². The summed E-state index contributed by atoms with van der Waals surface area (Å²) in [6, 6.07) is 12.4. The lowest BCUT2D eigenvalue weighted by Crippen LogP contribution is -2.61. The molecule has 0 saturated carbocycles. The fraction of sp³-hybridized carbons (Fsp3) is 0.400. The molecule has 42 heavy (non-hydrogen) atoms. The highest BCUT2D eigenvalue weighted by Crippen LogP contribution is 2.47. The van der Waals surface area contributed by atoms with Crippen LogP contribution in [-0.2, 0) is 28.4 Å². The number of anilines is 1. The molecule has 0 radical (unpaired) electrons. The van der Waals surface area contributed by atoms with Crippen molar-refractivity contribution in [1.29, 1.82) is 0 Å². The number of aromatic nitrogens is 1. The van der Waals surface area contributed by atoms with Gasteiger partial charge in [-0.25, -0.2) is 8.68 Å². The Bertz CT molecular complexity index is 1540. The molecule has 224 valence electrons. The molecule has 12 heteroatoms. The highest BCUT2D eigenvalue weighted by atomic mass is 32.2. The fourth-order valence-corrected chi connectivity index (χ4v) is 8.77. The second-order valence-corrected chi connectivity index (χ2v) is 13.2. The van der Waals surface area contributed by atoms with Gasteiger partial charge in [0.2, 0.25) is 0 Å². The summed E-state index contributed by atoms with van der Waals surface area (Å²) >= 11 is 0. The lowest BCUT2D eigenvalue weighted by molar-refractivity contribution is -0.848. The third kappa shape index (κ3) is 5.82. The minimum atomic E-state index is -4.70. The number of hydrogen-bond acceptors (Lipinski definition) is 6. The predicted octanol–water partition coefficient (Wildman–Crippen LogP) is 6.18. The number of piperidine rings is 1. The number of quaternary nitrogens is 1. The number of halogens is 3. The Hall–Kier alpha value is -3.64. The first kappa shape index (κ1) is 29.8. The summed E-state index contributed by atoms with van der Waals surface area (Å²) in [5.74, 6) is -0.701. The van der Waals surface area contributed by atoms with Gasteiger partial charge in [-0.15, -0.1) is 0 Å². The number of carboxylic acid groups (broad SMARTS) is 1. The Morgan fingerprint density at radius 2 is 1.76 bits per heavy atom. The molecule has 2 aliphatic rings. The van der Waals surface area contributed by atoms with E-state index in [1.54, 1.807) is 37.6 Å². The van der Waals surface area contributed by atoms with E-state index in [2.05, 4.69) is 9.88 Å². The molecule has 1 aliphatic carbocycles. The van der Waals surface area contributed by atoms with Gasteiger partial charge < -0.3 is 14.7 Å². The maximum Gasteiger partial charge on any atom is 0.511 e. The number of benzene rings is 2. The summed E-state index contributed by atoms with van der Waals surface area (Å²) in [5, 5.41) is 9.18. The summed E-state index contributed by atoms with van der Waals surface area (Å²) in [6.07, 6.45) is 0.0356. The van der Waals surface area contributed by atoms with Crippen molar-refractivity contribution in [3.05, 3.63) is 89.2 Å². The van der Waals surface area contributed by atoms with Crippen molar-refractivity contribution in [1.82, 2.24) is 4.98 Å². The maximum absolute atomic E-state index is 14.6. The van der Waals surface area contributed by atoms with Crippen LogP contribution in [0.1, 0.15) is 54.0 Å². The molecule has 2 heterocycles. The van der Waals surface area contributed by atoms with Gasteiger partial charge in [0, 0.05) is 56.0 Å². The molecule has 8 nitrogen and oxygen atoms in total. The molecule has 1 aliphatic heterocycles. The lowest BCUT2D eigenvalue weighted by atomic mass is 9.85. The van der Waals surface area contributed by atoms with Crippen molar-refractivity contribution in [3.63, 3.8) is 0 Å². The van der Waals surface area contributed by atoms with Crippen LogP contribution >= 0.6 is 0 Å². The Balaban J connectivity index is 1.57. The largest absolute Gasteiger partial charge is 0.511 e. The van der Waals surface area contributed by atoms with E-state index in [4.69, 9.17) is 4.74 Å². The van der Waals surface area contributed by atoms with E-state index in [9.17, 15) is 31.5 Å². The monoisotopic (exact) mass is 604 g/mol. The first-order valence-corrected chi connectivity index (χ1v) is 15.4. The van der Waals surface area contributed by atoms with E-state index in [0.717, 1.165) is 17.3 Å². The van der Waals surface area contributed by atoms with Crippen molar-refractivity contribution in [2.24, 2.45) is 0 Å². The average molecular weight is 605 g/mol. The van der Waals surface area contributed by atoms with Gasteiger partial charge in [-0.1, -0.05) is 24.3 Å². The number of alkyl halides is 3. The molecule has 3 aromatic rings. The zero-order valence-electron chi connectivity index (χ0n) is 23.1. The molecule has 2 aromatic carbocycles. The summed E-state index contributed by atoms with van der Waals surface area (Å²) < 4.78 is 75.3. The van der Waals surface area contributed by atoms with Gasteiger partial charge >= 0.3 is 22.4 Å². The van der Waals surface area contributed by atoms with E-state index in [0.29, 0.717) is 50.8 Å². The van der Waals surface area contributed by atoms with Gasteiger partial charge in [0.15, 0.2) is 0 Å². The van der Waals surface area contributed by atoms with Crippen molar-refractivity contribution in [3.8, 4) is 5.75 Å². The Morgan fingerprint density at radius 3 is 2.43 bits per heavy atom. The number of sulfonamides is 1. The highest BCUT2D eigenvalue weighted by Gasteiger charge is 2.53. The predicted molar refractivity (Wildman–Crippen MR) is 150 cm³/mol. The summed E-state index contributed by atoms with van der Waals surface area (Å²) in [5.41, 5.74) is 1.26. The summed E-state index contributed by atoms with van der Waals surface area (Å²) in [4.78, 5) is 17.5. The van der Waals surface area contributed by atoms with E-state index in [-0.39, 0.29) is 11.3 Å². The molecule has 1 saturated heterocycles. The Kier molecular flexibility index (Phi) is 8.21. The van der Waals surface area contributed by atoms with Gasteiger partial charge in [0.05, 0.1) is 12.6 Å². The van der Waals surface area contributed by atoms with Crippen LogP contribution in [0.15, 0.2) is 67.0 Å². The first-order chi connectivity index (χ1) is 19.9. The quantitative estimate of drug-likeness (QED) is 0.195. The SMILES string of the molecule is C[N+](C1CCN(c2ccncc2)CC1)(C1CCCc2ccc(OC(=O)O)cc21)S(=O)(=O)Cc1ccccc1C(F)(F)F. The Morgan fingerprint density at radius 1 is 1.07 bits per heavy atom. The smallest absolute Gasteiger partial charge is 0.449 e. The molecule has 1 fully saturated rings. The maximum atomic E-state index is 14.6. The first-order valence-electron chi connectivity index (χ1n) is 13.8. The standard InChI is InChI=1S/C30H32F3N3O5S/c1-36(24-13-17-35(18-14-24)23-11-15-34-16-12-23,42(39,40)20-22-5-2-3-7-27(22)30(31,32)33)28-8-4-6-21-9-10-25(19-26(21)28)41-29(37)38/h2-3,5,7,9-12,15-16,19,24,28H,4,6,8,13-14,17-18,20H2,1H3/p+1.